The average molecular weight is 519 g/mol. The number of hydrogen-bond acceptors (Lipinski definition) is 5. The molecule has 2 aromatic carbocycles. The maximum absolute atomic E-state index is 6.39. The molecule has 2 heterocycles. The number of nitrogens with zero attached hydrogens (tertiary/aromatic N) is 3. The fraction of sp³-hybridized carbons (Fsp3) is 0.367. The number of aryl methyl sites for hydroxylation is 1. The first-order valence-electron chi connectivity index (χ1n) is 12.9. The molecule has 0 saturated heterocycles. The predicted molar refractivity (Wildman–Crippen MR) is 151 cm³/mol. The highest BCUT2D eigenvalue weighted by atomic mass is 35.5. The van der Waals surface area contributed by atoms with Gasteiger partial charge in [0.2, 0.25) is 0 Å². The van der Waals surface area contributed by atoms with Crippen molar-refractivity contribution < 1.29 is 9.47 Å². The van der Waals surface area contributed by atoms with Gasteiger partial charge in [-0.15, -0.1) is 0 Å². The zero-order chi connectivity index (χ0) is 25.9. The number of halogens is 1. The summed E-state index contributed by atoms with van der Waals surface area (Å²) < 4.78 is 12.9. The van der Waals surface area contributed by atoms with Gasteiger partial charge in [0.05, 0.1) is 24.9 Å². The molecule has 0 bridgehead atoms. The van der Waals surface area contributed by atoms with E-state index in [1.807, 2.05) is 22.9 Å². The van der Waals surface area contributed by atoms with Crippen LogP contribution in [0.3, 0.4) is 0 Å². The minimum Gasteiger partial charge on any atom is -0.496 e. The Morgan fingerprint density at radius 1 is 1.03 bits per heavy atom. The summed E-state index contributed by atoms with van der Waals surface area (Å²) in [5.41, 5.74) is 6.40. The molecule has 1 N–H and O–H groups in total. The smallest absolute Gasteiger partial charge is 0.141 e. The molecule has 5 rings (SSSR count). The molecule has 0 unspecified atom stereocenters. The highest BCUT2D eigenvalue weighted by molar-refractivity contribution is 6.32. The molecule has 1 fully saturated rings. The number of ether oxygens (including phenoxy) is 2. The molecule has 0 aliphatic heterocycles. The summed E-state index contributed by atoms with van der Waals surface area (Å²) in [4.78, 5) is 7.39. The van der Waals surface area contributed by atoms with Gasteiger partial charge in [0.25, 0.3) is 0 Å². The summed E-state index contributed by atoms with van der Waals surface area (Å²) in [5, 5.41) is 4.28. The van der Waals surface area contributed by atoms with Crippen molar-refractivity contribution in [3.63, 3.8) is 0 Å². The first kappa shape index (κ1) is 25.4. The molecule has 1 aliphatic rings. The monoisotopic (exact) mass is 518 g/mol. The van der Waals surface area contributed by atoms with Gasteiger partial charge < -0.3 is 19.2 Å². The van der Waals surface area contributed by atoms with Crippen LogP contribution in [0.15, 0.2) is 60.9 Å². The van der Waals surface area contributed by atoms with Gasteiger partial charge >= 0.3 is 0 Å². The lowest BCUT2D eigenvalue weighted by Crippen LogP contribution is -2.38. The molecular weight excluding hydrogens is 484 g/mol. The SMILES string of the molecule is COc1cc(OC)c(-c2cn3ccc(N[C@H]4CC[C@@H](N(C)Cc5ccccc5C)CC4)cc3n2)cc1Cl. The van der Waals surface area contributed by atoms with E-state index in [1.165, 1.54) is 24.0 Å². The summed E-state index contributed by atoms with van der Waals surface area (Å²) in [6, 6.07) is 17.7. The molecule has 0 radical (unpaired) electrons. The molecule has 37 heavy (non-hydrogen) atoms. The lowest BCUT2D eigenvalue weighted by Gasteiger charge is -2.35. The van der Waals surface area contributed by atoms with Crippen LogP contribution >= 0.6 is 11.6 Å². The van der Waals surface area contributed by atoms with Gasteiger partial charge in [0, 0.05) is 54.4 Å². The van der Waals surface area contributed by atoms with Crippen LogP contribution in [-0.2, 0) is 6.54 Å². The standard InChI is InChI=1S/C30H35ClN4O2/c1-20-7-5-6-8-21(20)18-34(2)24-11-9-22(10-12-24)32-23-13-14-35-19-27(33-30(35)15-23)25-16-26(31)29(37-4)17-28(25)36-3/h5-8,13-17,19,22,24,32H,9-12,18H2,1-4H3/t22-,24+. The number of fused-ring (bicyclic) bond motifs is 1. The molecule has 0 atom stereocenters. The van der Waals surface area contributed by atoms with E-state index >= 15 is 0 Å². The van der Waals surface area contributed by atoms with E-state index in [9.17, 15) is 0 Å². The minimum absolute atomic E-state index is 0.473. The third-order valence-corrected chi connectivity index (χ3v) is 7.88. The van der Waals surface area contributed by atoms with Crippen LogP contribution in [0.4, 0.5) is 5.69 Å². The van der Waals surface area contributed by atoms with Crippen LogP contribution in [0.25, 0.3) is 16.9 Å². The minimum atomic E-state index is 0.473. The van der Waals surface area contributed by atoms with Crippen LogP contribution in [0.5, 0.6) is 11.5 Å². The number of nitrogens with one attached hydrogen (secondary N) is 1. The number of hydrogen-bond donors (Lipinski definition) is 1. The van der Waals surface area contributed by atoms with Gasteiger partial charge in [-0.2, -0.15) is 0 Å². The van der Waals surface area contributed by atoms with Crippen molar-refractivity contribution >= 4 is 22.9 Å². The zero-order valence-electron chi connectivity index (χ0n) is 22.0. The Morgan fingerprint density at radius 2 is 1.78 bits per heavy atom. The second kappa shape index (κ2) is 11.0. The van der Waals surface area contributed by atoms with Crippen LogP contribution in [0.2, 0.25) is 5.02 Å². The Kier molecular flexibility index (Phi) is 7.58. The van der Waals surface area contributed by atoms with Crippen molar-refractivity contribution in [3.8, 4) is 22.8 Å². The van der Waals surface area contributed by atoms with Crippen LogP contribution in [0.1, 0.15) is 36.8 Å². The van der Waals surface area contributed by atoms with E-state index in [2.05, 4.69) is 60.6 Å². The normalized spacial score (nSPS) is 17.8. The summed E-state index contributed by atoms with van der Waals surface area (Å²) in [6.45, 7) is 3.21. The van der Waals surface area contributed by atoms with Crippen LogP contribution in [-0.4, -0.2) is 47.6 Å². The molecule has 2 aromatic heterocycles. The number of benzene rings is 2. The van der Waals surface area contributed by atoms with E-state index in [-0.39, 0.29) is 0 Å². The summed E-state index contributed by atoms with van der Waals surface area (Å²) in [7, 11) is 5.49. The van der Waals surface area contributed by atoms with Crippen molar-refractivity contribution in [1.82, 2.24) is 14.3 Å². The van der Waals surface area contributed by atoms with Crippen molar-refractivity contribution in [1.29, 1.82) is 0 Å². The zero-order valence-corrected chi connectivity index (χ0v) is 22.8. The van der Waals surface area contributed by atoms with E-state index in [1.54, 1.807) is 20.3 Å². The number of methoxy groups -OCH3 is 2. The second-order valence-electron chi connectivity index (χ2n) is 9.99. The van der Waals surface area contributed by atoms with Crippen molar-refractivity contribution in [2.45, 2.75) is 51.2 Å². The van der Waals surface area contributed by atoms with Crippen molar-refractivity contribution in [2.75, 3.05) is 26.6 Å². The first-order valence-corrected chi connectivity index (χ1v) is 13.2. The maximum atomic E-state index is 6.39. The topological polar surface area (TPSA) is 51.0 Å². The van der Waals surface area contributed by atoms with Gasteiger partial charge in [-0.3, -0.25) is 4.90 Å². The molecule has 0 spiro atoms. The quantitative estimate of drug-likeness (QED) is 0.277. The van der Waals surface area contributed by atoms with Crippen LogP contribution < -0.4 is 14.8 Å². The molecule has 1 saturated carbocycles. The van der Waals surface area contributed by atoms with E-state index in [0.717, 1.165) is 42.0 Å². The number of pyridine rings is 1. The number of anilines is 1. The molecule has 7 heteroatoms. The lowest BCUT2D eigenvalue weighted by molar-refractivity contribution is 0.179. The average Bonchev–Trinajstić information content (AvgIpc) is 3.33. The van der Waals surface area contributed by atoms with Gasteiger partial charge in [0.1, 0.15) is 17.1 Å². The Hall–Kier alpha value is -3.22. The third kappa shape index (κ3) is 5.55. The maximum Gasteiger partial charge on any atom is 0.141 e. The molecular formula is C30H35ClN4O2. The molecule has 4 aromatic rings. The van der Waals surface area contributed by atoms with Gasteiger partial charge in [-0.25, -0.2) is 4.98 Å². The Balaban J connectivity index is 1.24. The van der Waals surface area contributed by atoms with Crippen LogP contribution in [0, 0.1) is 6.92 Å². The van der Waals surface area contributed by atoms with Crippen molar-refractivity contribution in [2.24, 2.45) is 0 Å². The van der Waals surface area contributed by atoms with Gasteiger partial charge in [-0.05, 0) is 62.9 Å². The third-order valence-electron chi connectivity index (χ3n) is 7.58. The second-order valence-corrected chi connectivity index (χ2v) is 10.4. The summed E-state index contributed by atoms with van der Waals surface area (Å²) >= 11 is 6.39. The Bertz CT molecular complexity index is 1380. The van der Waals surface area contributed by atoms with Crippen molar-refractivity contribution in [3.05, 3.63) is 77.1 Å². The number of aromatic nitrogens is 2. The largest absolute Gasteiger partial charge is 0.496 e. The highest BCUT2D eigenvalue weighted by Gasteiger charge is 2.24. The fourth-order valence-corrected chi connectivity index (χ4v) is 5.58. The van der Waals surface area contributed by atoms with E-state index < -0.39 is 0 Å². The Morgan fingerprint density at radius 3 is 2.51 bits per heavy atom. The summed E-state index contributed by atoms with van der Waals surface area (Å²) in [6.07, 6.45) is 8.77. The molecule has 194 valence electrons. The number of rotatable bonds is 8. The Labute approximate surface area is 224 Å². The summed E-state index contributed by atoms with van der Waals surface area (Å²) in [5.74, 6) is 1.25. The molecule has 6 nitrogen and oxygen atoms in total. The van der Waals surface area contributed by atoms with Gasteiger partial charge in [0.15, 0.2) is 0 Å². The molecule has 1 aliphatic carbocycles. The predicted octanol–water partition coefficient (Wildman–Crippen LogP) is 6.84. The van der Waals surface area contributed by atoms with E-state index in [0.29, 0.717) is 28.6 Å². The van der Waals surface area contributed by atoms with E-state index in [4.69, 9.17) is 26.1 Å². The lowest BCUT2D eigenvalue weighted by atomic mass is 9.90. The first-order chi connectivity index (χ1) is 17.9. The fourth-order valence-electron chi connectivity index (χ4n) is 5.34. The molecule has 0 amide bonds. The van der Waals surface area contributed by atoms with Gasteiger partial charge in [-0.1, -0.05) is 35.9 Å². The number of imidazole rings is 1. The highest BCUT2D eigenvalue weighted by Crippen LogP contribution is 2.38.